The van der Waals surface area contributed by atoms with Gasteiger partial charge in [-0.2, -0.15) is 5.10 Å². The van der Waals surface area contributed by atoms with E-state index in [1.165, 1.54) is 37.5 Å². The Morgan fingerprint density at radius 1 is 1.03 bits per heavy atom. The molecule has 0 saturated carbocycles. The summed E-state index contributed by atoms with van der Waals surface area (Å²) >= 11 is 0. The maximum atomic E-state index is 14.3. The van der Waals surface area contributed by atoms with Gasteiger partial charge in [-0.15, -0.1) is 0 Å². The Morgan fingerprint density at radius 2 is 1.76 bits per heavy atom. The minimum atomic E-state index is -0.903. The summed E-state index contributed by atoms with van der Waals surface area (Å²) in [6.45, 7) is 0. The number of pyridine rings is 1. The highest BCUT2D eigenvalue weighted by molar-refractivity contribution is 6.11. The fourth-order valence-corrected chi connectivity index (χ4v) is 3.20. The largest absolute Gasteiger partial charge is 0.507 e. The van der Waals surface area contributed by atoms with E-state index < -0.39 is 34.8 Å². The second-order valence-electron chi connectivity index (χ2n) is 6.91. The molecule has 2 amide bonds. The first-order valence-electron chi connectivity index (χ1n) is 9.51. The van der Waals surface area contributed by atoms with Crippen LogP contribution in [-0.2, 0) is 0 Å². The summed E-state index contributed by atoms with van der Waals surface area (Å²) < 4.78 is 15.2. The molecule has 2 aromatic heterocycles. The molecule has 4 rings (SSSR count). The summed E-state index contributed by atoms with van der Waals surface area (Å²) in [7, 11) is 1.20. The number of hydrogen-bond acceptors (Lipinski definition) is 7. The van der Waals surface area contributed by atoms with Crippen molar-refractivity contribution in [3.63, 3.8) is 0 Å². The Labute approximate surface area is 185 Å². The number of carbonyl (C=O) groups is 2. The Balaban J connectivity index is 1.80. The first-order chi connectivity index (χ1) is 15.8. The molecule has 0 fully saturated rings. The van der Waals surface area contributed by atoms with Crippen LogP contribution in [0, 0.1) is 5.82 Å². The second-order valence-corrected chi connectivity index (χ2v) is 6.91. The van der Waals surface area contributed by atoms with E-state index in [2.05, 4.69) is 15.2 Å². The van der Waals surface area contributed by atoms with Crippen molar-refractivity contribution in [3.05, 3.63) is 88.4 Å². The lowest BCUT2D eigenvalue weighted by Crippen LogP contribution is -2.33. The predicted octanol–water partition coefficient (Wildman–Crippen LogP) is 2.09. The van der Waals surface area contributed by atoms with E-state index >= 15 is 0 Å². The highest BCUT2D eigenvalue weighted by Gasteiger charge is 2.26. The minimum Gasteiger partial charge on any atom is -0.507 e. The summed E-state index contributed by atoms with van der Waals surface area (Å²) in [6.07, 6.45) is 1.39. The highest BCUT2D eigenvalue weighted by atomic mass is 19.1. The first kappa shape index (κ1) is 21.4. The molecule has 0 bridgehead atoms. The summed E-state index contributed by atoms with van der Waals surface area (Å²) in [5.74, 6) is -3.71. The Kier molecular flexibility index (Phi) is 5.44. The Bertz CT molecular complexity index is 1430. The van der Waals surface area contributed by atoms with Crippen molar-refractivity contribution >= 4 is 11.8 Å². The number of aromatic nitrogens is 4. The molecule has 0 unspecified atom stereocenters. The van der Waals surface area contributed by atoms with E-state index in [0.717, 1.165) is 27.7 Å². The van der Waals surface area contributed by atoms with Crippen LogP contribution in [0.5, 0.6) is 11.5 Å². The summed E-state index contributed by atoms with van der Waals surface area (Å²) in [5.41, 5.74) is -1.44. The molecule has 0 aliphatic carbocycles. The number of aromatic hydroxyl groups is 2. The molecule has 11 heteroatoms. The van der Waals surface area contributed by atoms with Gasteiger partial charge in [0, 0.05) is 19.3 Å². The van der Waals surface area contributed by atoms with Gasteiger partial charge in [0.15, 0.2) is 5.82 Å². The third kappa shape index (κ3) is 3.82. The topological polar surface area (TPSA) is 141 Å². The lowest BCUT2D eigenvalue weighted by Gasteiger charge is -2.17. The zero-order valence-corrected chi connectivity index (χ0v) is 17.1. The van der Waals surface area contributed by atoms with Gasteiger partial charge in [0.25, 0.3) is 11.8 Å². The third-order valence-corrected chi connectivity index (χ3v) is 4.84. The van der Waals surface area contributed by atoms with Crippen molar-refractivity contribution in [3.8, 4) is 28.6 Å². The number of amides is 2. The summed E-state index contributed by atoms with van der Waals surface area (Å²) in [6, 6.07) is 11.9. The van der Waals surface area contributed by atoms with Crippen LogP contribution < -0.4 is 5.69 Å². The number of phenols is 2. The van der Waals surface area contributed by atoms with E-state index in [1.807, 2.05) is 0 Å². The standard InChI is InChI=1S/C22H16FN5O5/c1-27(21(32)15-7-4-5-9-24-15)20(31)13-10-12(17(29)11-18(13)30)19-25-26-22(33)28(19)16-8-3-2-6-14(16)23/h2-11,29-30H,1H3,(H,26,33). The van der Waals surface area contributed by atoms with Crippen molar-refractivity contribution in [1.82, 2.24) is 24.6 Å². The van der Waals surface area contributed by atoms with Crippen LogP contribution in [0.25, 0.3) is 17.1 Å². The molecular formula is C22H16FN5O5. The van der Waals surface area contributed by atoms with E-state index in [4.69, 9.17) is 0 Å². The average molecular weight is 449 g/mol. The van der Waals surface area contributed by atoms with Crippen LogP contribution >= 0.6 is 0 Å². The van der Waals surface area contributed by atoms with Crippen molar-refractivity contribution in [2.24, 2.45) is 0 Å². The fraction of sp³-hybridized carbons (Fsp3) is 0.0455. The predicted molar refractivity (Wildman–Crippen MR) is 114 cm³/mol. The van der Waals surface area contributed by atoms with Crippen LogP contribution in [-0.4, -0.2) is 53.7 Å². The molecule has 4 aromatic rings. The van der Waals surface area contributed by atoms with Gasteiger partial charge in [0.05, 0.1) is 16.8 Å². The number of H-pyrrole nitrogens is 1. The van der Waals surface area contributed by atoms with Crippen LogP contribution in [0.15, 0.2) is 65.6 Å². The van der Waals surface area contributed by atoms with Crippen LogP contribution in [0.1, 0.15) is 20.8 Å². The Hall–Kier alpha value is -4.80. The molecule has 10 nitrogen and oxygen atoms in total. The number of halogens is 1. The molecule has 0 atom stereocenters. The molecule has 2 heterocycles. The molecule has 3 N–H and O–H groups in total. The molecule has 2 aromatic carbocycles. The van der Waals surface area contributed by atoms with Gasteiger partial charge >= 0.3 is 5.69 Å². The lowest BCUT2D eigenvalue weighted by atomic mass is 10.1. The SMILES string of the molecule is CN(C(=O)c1ccccn1)C(=O)c1cc(-c2n[nH]c(=O)n2-c2ccccc2F)c(O)cc1O. The molecule has 0 aliphatic heterocycles. The number of aromatic amines is 1. The number of rotatable bonds is 4. The number of phenolic OH excluding ortho intramolecular Hbond substituents is 2. The summed E-state index contributed by atoms with van der Waals surface area (Å²) in [4.78, 5) is 42.5. The molecular weight excluding hydrogens is 433 g/mol. The van der Waals surface area contributed by atoms with Crippen LogP contribution in [0.2, 0.25) is 0 Å². The quantitative estimate of drug-likeness (QED) is 0.405. The number of nitrogens with zero attached hydrogens (tertiary/aromatic N) is 4. The van der Waals surface area contributed by atoms with Gasteiger partial charge < -0.3 is 10.2 Å². The maximum Gasteiger partial charge on any atom is 0.348 e. The fourth-order valence-electron chi connectivity index (χ4n) is 3.20. The molecule has 33 heavy (non-hydrogen) atoms. The average Bonchev–Trinajstić information content (AvgIpc) is 3.19. The molecule has 0 spiro atoms. The van der Waals surface area contributed by atoms with Gasteiger partial charge in [-0.25, -0.2) is 18.9 Å². The number of benzene rings is 2. The monoisotopic (exact) mass is 449 g/mol. The third-order valence-electron chi connectivity index (χ3n) is 4.84. The molecule has 0 aliphatic rings. The second kappa shape index (κ2) is 8.38. The molecule has 0 radical (unpaired) electrons. The lowest BCUT2D eigenvalue weighted by molar-refractivity contribution is 0.0651. The zero-order valence-electron chi connectivity index (χ0n) is 17.1. The van der Waals surface area contributed by atoms with Crippen LogP contribution in [0.4, 0.5) is 4.39 Å². The summed E-state index contributed by atoms with van der Waals surface area (Å²) in [5, 5.41) is 26.7. The highest BCUT2D eigenvalue weighted by Crippen LogP contribution is 2.35. The van der Waals surface area contributed by atoms with Gasteiger partial charge in [-0.3, -0.25) is 19.5 Å². The Morgan fingerprint density at radius 3 is 2.45 bits per heavy atom. The van der Waals surface area contributed by atoms with Gasteiger partial charge in [0.1, 0.15) is 23.0 Å². The van der Waals surface area contributed by atoms with Crippen molar-refractivity contribution in [1.29, 1.82) is 0 Å². The van der Waals surface area contributed by atoms with E-state index in [0.29, 0.717) is 0 Å². The van der Waals surface area contributed by atoms with E-state index in [1.54, 1.807) is 12.1 Å². The van der Waals surface area contributed by atoms with Gasteiger partial charge in [-0.05, 0) is 30.3 Å². The van der Waals surface area contributed by atoms with Crippen LogP contribution in [0.3, 0.4) is 0 Å². The van der Waals surface area contributed by atoms with E-state index in [9.17, 15) is 29.0 Å². The smallest absolute Gasteiger partial charge is 0.348 e. The minimum absolute atomic E-state index is 0.00698. The molecule has 166 valence electrons. The normalized spacial score (nSPS) is 10.7. The number of nitrogens with one attached hydrogen (secondary N) is 1. The number of carbonyl (C=O) groups excluding carboxylic acids is 2. The van der Waals surface area contributed by atoms with Gasteiger partial charge in [-0.1, -0.05) is 18.2 Å². The van der Waals surface area contributed by atoms with Crippen molar-refractivity contribution in [2.45, 2.75) is 0 Å². The number of hydrogen-bond donors (Lipinski definition) is 3. The zero-order chi connectivity index (χ0) is 23.7. The van der Waals surface area contributed by atoms with E-state index in [-0.39, 0.29) is 28.3 Å². The van der Waals surface area contributed by atoms with Crippen molar-refractivity contribution in [2.75, 3.05) is 7.05 Å². The van der Waals surface area contributed by atoms with Gasteiger partial charge in [0.2, 0.25) is 0 Å². The molecule has 0 saturated heterocycles. The maximum absolute atomic E-state index is 14.3. The first-order valence-corrected chi connectivity index (χ1v) is 9.51. The number of para-hydroxylation sites is 1. The van der Waals surface area contributed by atoms with Crippen molar-refractivity contribution < 1.29 is 24.2 Å². The number of imide groups is 1.